The van der Waals surface area contributed by atoms with Crippen molar-refractivity contribution >= 4 is 15.9 Å². The van der Waals surface area contributed by atoms with Gasteiger partial charge in [0, 0.05) is 37.6 Å². The van der Waals surface area contributed by atoms with Crippen LogP contribution >= 0.6 is 0 Å². The van der Waals surface area contributed by atoms with Crippen molar-refractivity contribution in [2.45, 2.75) is 37.6 Å². The van der Waals surface area contributed by atoms with Gasteiger partial charge in [-0.05, 0) is 61.7 Å². The average Bonchev–Trinajstić information content (AvgIpc) is 2.66. The van der Waals surface area contributed by atoms with Crippen LogP contribution in [0.15, 0.2) is 53.7 Å². The van der Waals surface area contributed by atoms with Gasteiger partial charge in [-0.1, -0.05) is 6.92 Å². The van der Waals surface area contributed by atoms with Gasteiger partial charge < -0.3 is 5.32 Å². The third kappa shape index (κ3) is 5.12. The van der Waals surface area contributed by atoms with Gasteiger partial charge in [0.1, 0.15) is 0 Å². The Morgan fingerprint density at radius 2 is 1.77 bits per heavy atom. The Morgan fingerprint density at radius 1 is 1.15 bits per heavy atom. The first-order valence-corrected chi connectivity index (χ1v) is 10.0. The molecule has 0 saturated heterocycles. The Hall–Kier alpha value is -2.25. The molecule has 1 atom stereocenters. The molecule has 140 valence electrons. The van der Waals surface area contributed by atoms with Crippen LogP contribution in [0, 0.1) is 0 Å². The second-order valence-corrected chi connectivity index (χ2v) is 8.28. The number of carbonyl (C=O) groups excluding carboxylic acids is 1. The summed E-state index contributed by atoms with van der Waals surface area (Å²) in [5, 5.41) is 2.86. The summed E-state index contributed by atoms with van der Waals surface area (Å²) in [6, 6.07) is 9.84. The lowest BCUT2D eigenvalue weighted by atomic mass is 10.2. The van der Waals surface area contributed by atoms with Crippen molar-refractivity contribution in [1.82, 2.24) is 14.6 Å². The summed E-state index contributed by atoms with van der Waals surface area (Å²) < 4.78 is 26.7. The van der Waals surface area contributed by atoms with Gasteiger partial charge in [0.25, 0.3) is 5.91 Å². The van der Waals surface area contributed by atoms with Crippen LogP contribution in [-0.4, -0.2) is 43.2 Å². The monoisotopic (exact) mass is 375 g/mol. The fourth-order valence-electron chi connectivity index (χ4n) is 2.32. The third-order valence-corrected chi connectivity index (χ3v) is 6.15. The number of benzene rings is 1. The molecule has 0 aliphatic carbocycles. The fraction of sp³-hybridized carbons (Fsp3) is 0.368. The molecule has 1 N–H and O–H groups in total. The number of hydrogen-bond donors (Lipinski definition) is 1. The summed E-state index contributed by atoms with van der Waals surface area (Å²) in [4.78, 5) is 16.2. The molecule has 0 fully saturated rings. The minimum absolute atomic E-state index is 0.0743. The Morgan fingerprint density at radius 3 is 2.35 bits per heavy atom. The van der Waals surface area contributed by atoms with Gasteiger partial charge in [-0.15, -0.1) is 0 Å². The standard InChI is InChI=1S/C19H25N3O3S/c1-4-15(2)21-19(23)17-5-7-18(8-6-17)26(24,25)22(3)14-11-16-9-12-20-13-10-16/h5-10,12-13,15H,4,11,14H2,1-3H3,(H,21,23). The van der Waals surface area contributed by atoms with Gasteiger partial charge in [-0.2, -0.15) is 0 Å². The number of amides is 1. The van der Waals surface area contributed by atoms with Crippen molar-refractivity contribution in [3.63, 3.8) is 0 Å². The molecule has 0 spiro atoms. The third-order valence-electron chi connectivity index (χ3n) is 4.28. The number of carbonyl (C=O) groups is 1. The molecule has 1 aromatic heterocycles. The minimum Gasteiger partial charge on any atom is -0.350 e. The molecule has 0 aliphatic rings. The first-order chi connectivity index (χ1) is 12.3. The zero-order valence-electron chi connectivity index (χ0n) is 15.3. The lowest BCUT2D eigenvalue weighted by Crippen LogP contribution is -2.32. The van der Waals surface area contributed by atoms with E-state index in [4.69, 9.17) is 0 Å². The molecule has 2 rings (SSSR count). The quantitative estimate of drug-likeness (QED) is 0.769. The van der Waals surface area contributed by atoms with E-state index in [9.17, 15) is 13.2 Å². The molecule has 2 aromatic rings. The number of hydrogen-bond acceptors (Lipinski definition) is 4. The van der Waals surface area contributed by atoms with Crippen molar-refractivity contribution in [2.75, 3.05) is 13.6 Å². The number of aromatic nitrogens is 1. The molecule has 0 bridgehead atoms. The highest BCUT2D eigenvalue weighted by Crippen LogP contribution is 2.16. The van der Waals surface area contributed by atoms with Crippen LogP contribution in [0.25, 0.3) is 0 Å². The van der Waals surface area contributed by atoms with Crippen LogP contribution in [0.5, 0.6) is 0 Å². The Kier molecular flexibility index (Phi) is 6.88. The van der Waals surface area contributed by atoms with Crippen molar-refractivity contribution in [1.29, 1.82) is 0 Å². The first kappa shape index (κ1) is 20.1. The molecular formula is C19H25N3O3S. The van der Waals surface area contributed by atoms with Gasteiger partial charge in [0.15, 0.2) is 0 Å². The molecule has 6 nitrogen and oxygen atoms in total. The average molecular weight is 375 g/mol. The smallest absolute Gasteiger partial charge is 0.251 e. The Bertz CT molecular complexity index is 821. The SMILES string of the molecule is CCC(C)NC(=O)c1ccc(S(=O)(=O)N(C)CCc2ccncc2)cc1. The Labute approximate surface area is 155 Å². The molecule has 26 heavy (non-hydrogen) atoms. The summed E-state index contributed by atoms with van der Waals surface area (Å²) in [6.45, 7) is 4.28. The van der Waals surface area contributed by atoms with E-state index in [2.05, 4.69) is 10.3 Å². The van der Waals surface area contributed by atoms with E-state index in [-0.39, 0.29) is 16.8 Å². The predicted octanol–water partition coefficient (Wildman–Crippen LogP) is 2.47. The van der Waals surface area contributed by atoms with Crippen LogP contribution in [0.1, 0.15) is 36.2 Å². The zero-order chi connectivity index (χ0) is 19.2. The number of likely N-dealkylation sites (N-methyl/N-ethyl adjacent to an activating group) is 1. The second kappa shape index (κ2) is 8.91. The number of nitrogens with one attached hydrogen (secondary N) is 1. The van der Waals surface area contributed by atoms with Gasteiger partial charge in [0.2, 0.25) is 10.0 Å². The normalized spacial score (nSPS) is 12.8. The maximum Gasteiger partial charge on any atom is 0.251 e. The van der Waals surface area contributed by atoms with Gasteiger partial charge >= 0.3 is 0 Å². The molecule has 1 amide bonds. The molecule has 0 aliphatic heterocycles. The summed E-state index contributed by atoms with van der Waals surface area (Å²) in [7, 11) is -2.04. The van der Waals surface area contributed by atoms with Gasteiger partial charge in [-0.25, -0.2) is 12.7 Å². The lowest BCUT2D eigenvalue weighted by Gasteiger charge is -2.17. The number of pyridine rings is 1. The van der Waals surface area contributed by atoms with E-state index in [1.807, 2.05) is 26.0 Å². The maximum atomic E-state index is 12.7. The van der Waals surface area contributed by atoms with Crippen molar-refractivity contribution in [3.8, 4) is 0 Å². The lowest BCUT2D eigenvalue weighted by molar-refractivity contribution is 0.0939. The second-order valence-electron chi connectivity index (χ2n) is 6.24. The highest BCUT2D eigenvalue weighted by Gasteiger charge is 2.21. The zero-order valence-corrected chi connectivity index (χ0v) is 16.2. The predicted molar refractivity (Wildman–Crippen MR) is 101 cm³/mol. The van der Waals surface area contributed by atoms with Crippen LogP contribution in [0.2, 0.25) is 0 Å². The van der Waals surface area contributed by atoms with Crippen LogP contribution in [0.3, 0.4) is 0 Å². The van der Waals surface area contributed by atoms with Gasteiger partial charge in [0.05, 0.1) is 4.90 Å². The van der Waals surface area contributed by atoms with Crippen LogP contribution in [0.4, 0.5) is 0 Å². The van der Waals surface area contributed by atoms with E-state index in [1.54, 1.807) is 31.6 Å². The minimum atomic E-state index is -3.59. The number of nitrogens with zero attached hydrogens (tertiary/aromatic N) is 2. The summed E-state index contributed by atoms with van der Waals surface area (Å²) in [5.41, 5.74) is 1.47. The highest BCUT2D eigenvalue weighted by molar-refractivity contribution is 7.89. The molecule has 0 saturated carbocycles. The molecule has 1 heterocycles. The molecule has 0 radical (unpaired) electrons. The number of rotatable bonds is 8. The Balaban J connectivity index is 2.05. The maximum absolute atomic E-state index is 12.7. The van der Waals surface area contributed by atoms with Gasteiger partial charge in [-0.3, -0.25) is 9.78 Å². The van der Waals surface area contributed by atoms with Crippen LogP contribution < -0.4 is 5.32 Å². The fourth-order valence-corrected chi connectivity index (χ4v) is 3.50. The number of sulfonamides is 1. The molecule has 1 unspecified atom stereocenters. The van der Waals surface area contributed by atoms with E-state index < -0.39 is 10.0 Å². The van der Waals surface area contributed by atoms with Crippen molar-refractivity contribution in [3.05, 3.63) is 59.9 Å². The van der Waals surface area contributed by atoms with Crippen molar-refractivity contribution < 1.29 is 13.2 Å². The summed E-state index contributed by atoms with van der Waals surface area (Å²) in [5.74, 6) is -0.200. The van der Waals surface area contributed by atoms with Crippen LogP contribution in [-0.2, 0) is 16.4 Å². The van der Waals surface area contributed by atoms with E-state index in [0.717, 1.165) is 12.0 Å². The highest BCUT2D eigenvalue weighted by atomic mass is 32.2. The largest absolute Gasteiger partial charge is 0.350 e. The first-order valence-electron chi connectivity index (χ1n) is 8.60. The van der Waals surface area contributed by atoms with E-state index >= 15 is 0 Å². The van der Waals surface area contributed by atoms with Crippen molar-refractivity contribution in [2.24, 2.45) is 0 Å². The summed E-state index contributed by atoms with van der Waals surface area (Å²) >= 11 is 0. The molecular weight excluding hydrogens is 350 g/mol. The molecule has 1 aromatic carbocycles. The topological polar surface area (TPSA) is 79.4 Å². The van der Waals surface area contributed by atoms with E-state index in [0.29, 0.717) is 18.5 Å². The van der Waals surface area contributed by atoms with E-state index in [1.165, 1.54) is 16.4 Å². The summed E-state index contributed by atoms with van der Waals surface area (Å²) in [6.07, 6.45) is 4.81. The molecule has 7 heteroatoms.